The maximum absolute atomic E-state index is 13.8. The van der Waals surface area contributed by atoms with E-state index < -0.39 is 23.2 Å². The average Bonchev–Trinajstić information content (AvgIpc) is 3.16. The maximum atomic E-state index is 13.8. The zero-order valence-electron chi connectivity index (χ0n) is 20.3. The summed E-state index contributed by atoms with van der Waals surface area (Å²) >= 11 is 0. The first-order chi connectivity index (χ1) is 17.9. The summed E-state index contributed by atoms with van der Waals surface area (Å²) in [5, 5.41) is 3.04. The van der Waals surface area contributed by atoms with Crippen molar-refractivity contribution in [2.24, 2.45) is 0 Å². The standard InChI is InChI=1S/C31H23F2NO3/c1-3-7-23-18(4-2)10-13-27-29(23)31(25-9-6-5-8-24(25)30(35)37-31)26-12-11-21(17-28(26)36-27)34-22-15-19(32)14-20(33)16-22/h3,5-17,34H,4H2,1-2H3/b7-3-. The molecule has 0 radical (unpaired) electrons. The van der Waals surface area contributed by atoms with Crippen molar-refractivity contribution >= 4 is 23.4 Å². The summed E-state index contributed by atoms with van der Waals surface area (Å²) in [7, 11) is 0. The number of hydrogen-bond acceptors (Lipinski definition) is 4. The van der Waals surface area contributed by atoms with E-state index in [-0.39, 0.29) is 5.69 Å². The molecular weight excluding hydrogens is 472 g/mol. The molecule has 0 fully saturated rings. The smallest absolute Gasteiger partial charge is 0.340 e. The van der Waals surface area contributed by atoms with E-state index in [2.05, 4.69) is 12.2 Å². The molecule has 2 aliphatic rings. The lowest BCUT2D eigenvalue weighted by molar-refractivity contribution is 0.0223. The molecule has 1 atom stereocenters. The Morgan fingerprint density at radius 3 is 2.43 bits per heavy atom. The summed E-state index contributed by atoms with van der Waals surface area (Å²) in [5.74, 6) is -0.699. The van der Waals surface area contributed by atoms with Crippen LogP contribution in [0, 0.1) is 11.6 Å². The van der Waals surface area contributed by atoms with Crippen LogP contribution in [0.1, 0.15) is 52.0 Å². The molecule has 4 nitrogen and oxygen atoms in total. The number of carbonyl (C=O) groups is 1. The molecule has 6 heteroatoms. The van der Waals surface area contributed by atoms with Crippen LogP contribution in [0.5, 0.6) is 11.5 Å². The van der Waals surface area contributed by atoms with Crippen LogP contribution in [-0.2, 0) is 16.8 Å². The highest BCUT2D eigenvalue weighted by atomic mass is 19.1. The van der Waals surface area contributed by atoms with Gasteiger partial charge in [0.05, 0.1) is 11.1 Å². The third-order valence-corrected chi connectivity index (χ3v) is 6.87. The van der Waals surface area contributed by atoms with Crippen molar-refractivity contribution in [1.82, 2.24) is 0 Å². The summed E-state index contributed by atoms with van der Waals surface area (Å²) in [6.07, 6.45) is 4.78. The normalized spacial score (nSPS) is 17.2. The van der Waals surface area contributed by atoms with Crippen LogP contribution in [0.4, 0.5) is 20.2 Å². The van der Waals surface area contributed by atoms with Gasteiger partial charge in [0, 0.05) is 34.6 Å². The van der Waals surface area contributed by atoms with Gasteiger partial charge < -0.3 is 14.8 Å². The van der Waals surface area contributed by atoms with Gasteiger partial charge in [-0.2, -0.15) is 0 Å². The van der Waals surface area contributed by atoms with Gasteiger partial charge in [0.25, 0.3) is 0 Å². The quantitative estimate of drug-likeness (QED) is 0.293. The first kappa shape index (κ1) is 23.0. The molecule has 0 saturated carbocycles. The highest BCUT2D eigenvalue weighted by molar-refractivity contribution is 5.97. The maximum Gasteiger partial charge on any atom is 0.340 e. The van der Waals surface area contributed by atoms with Crippen LogP contribution in [0.25, 0.3) is 6.08 Å². The van der Waals surface area contributed by atoms with Crippen LogP contribution in [0.3, 0.4) is 0 Å². The Bertz CT molecular complexity index is 1590. The molecule has 6 rings (SSSR count). The predicted octanol–water partition coefficient (Wildman–Crippen LogP) is 7.87. The zero-order valence-corrected chi connectivity index (χ0v) is 20.3. The Kier molecular flexibility index (Phi) is 5.33. The number of rotatable bonds is 4. The third-order valence-electron chi connectivity index (χ3n) is 6.87. The van der Waals surface area contributed by atoms with E-state index in [1.54, 1.807) is 18.2 Å². The molecule has 2 aliphatic heterocycles. The molecule has 1 spiro atoms. The van der Waals surface area contributed by atoms with Crippen molar-refractivity contribution in [2.45, 2.75) is 25.9 Å². The van der Waals surface area contributed by atoms with Crippen molar-refractivity contribution in [3.8, 4) is 11.5 Å². The van der Waals surface area contributed by atoms with Gasteiger partial charge in [0.1, 0.15) is 23.1 Å². The van der Waals surface area contributed by atoms with Crippen molar-refractivity contribution in [1.29, 1.82) is 0 Å². The number of carbonyl (C=O) groups excluding carboxylic acids is 1. The number of benzene rings is 4. The van der Waals surface area contributed by atoms with Gasteiger partial charge in [-0.3, -0.25) is 0 Å². The Morgan fingerprint density at radius 2 is 1.68 bits per heavy atom. The van der Waals surface area contributed by atoms with Crippen molar-refractivity contribution < 1.29 is 23.0 Å². The van der Waals surface area contributed by atoms with E-state index in [9.17, 15) is 13.6 Å². The van der Waals surface area contributed by atoms with Gasteiger partial charge in [-0.05, 0) is 60.9 Å². The van der Waals surface area contributed by atoms with E-state index in [1.165, 1.54) is 12.1 Å². The summed E-state index contributed by atoms with van der Waals surface area (Å²) in [5.41, 5.74) is 4.40. The first-order valence-electron chi connectivity index (χ1n) is 12.1. The van der Waals surface area contributed by atoms with Crippen LogP contribution >= 0.6 is 0 Å². The summed E-state index contributed by atoms with van der Waals surface area (Å²) < 4.78 is 40.2. The number of allylic oxidation sites excluding steroid dienone is 1. The van der Waals surface area contributed by atoms with Crippen LogP contribution in [-0.4, -0.2) is 5.97 Å². The number of nitrogens with one attached hydrogen (secondary N) is 1. The number of esters is 1. The number of aryl methyl sites for hydroxylation is 1. The lowest BCUT2D eigenvalue weighted by Gasteiger charge is -2.38. The average molecular weight is 496 g/mol. The third kappa shape index (κ3) is 3.51. The molecule has 0 aromatic heterocycles. The second kappa shape index (κ2) is 8.59. The van der Waals surface area contributed by atoms with E-state index >= 15 is 0 Å². The molecular formula is C31H23F2NO3. The highest BCUT2D eigenvalue weighted by Crippen LogP contribution is 2.58. The monoisotopic (exact) mass is 495 g/mol. The molecule has 0 aliphatic carbocycles. The van der Waals surface area contributed by atoms with Crippen LogP contribution < -0.4 is 10.1 Å². The molecule has 0 bridgehead atoms. The number of halogens is 2. The number of hydrogen-bond donors (Lipinski definition) is 1. The second-order valence-electron chi connectivity index (χ2n) is 9.08. The number of anilines is 2. The van der Waals surface area contributed by atoms with Crippen molar-refractivity contribution in [3.05, 3.63) is 124 Å². The van der Waals surface area contributed by atoms with Crippen LogP contribution in [0.15, 0.2) is 78.9 Å². The fraction of sp³-hybridized carbons (Fsp3) is 0.129. The zero-order chi connectivity index (χ0) is 25.7. The fourth-order valence-corrected chi connectivity index (χ4v) is 5.38. The topological polar surface area (TPSA) is 47.6 Å². The molecule has 184 valence electrons. The Hall–Kier alpha value is -4.45. The van der Waals surface area contributed by atoms with E-state index in [4.69, 9.17) is 9.47 Å². The Morgan fingerprint density at radius 1 is 0.892 bits per heavy atom. The van der Waals surface area contributed by atoms with Crippen LogP contribution in [0.2, 0.25) is 0 Å². The van der Waals surface area contributed by atoms with Gasteiger partial charge in [-0.1, -0.05) is 43.3 Å². The molecule has 2 heterocycles. The van der Waals surface area contributed by atoms with E-state index in [0.717, 1.165) is 34.7 Å². The van der Waals surface area contributed by atoms with E-state index in [1.807, 2.05) is 55.5 Å². The van der Waals surface area contributed by atoms with Gasteiger partial charge in [-0.25, -0.2) is 13.6 Å². The largest absolute Gasteiger partial charge is 0.456 e. The minimum atomic E-state index is -1.21. The predicted molar refractivity (Wildman–Crippen MR) is 138 cm³/mol. The minimum Gasteiger partial charge on any atom is -0.456 e. The highest BCUT2D eigenvalue weighted by Gasteiger charge is 2.54. The summed E-state index contributed by atoms with van der Waals surface area (Å²) in [4.78, 5) is 13.2. The SMILES string of the molecule is C/C=C\c1c(CC)ccc2c1C1(OC(=O)c3ccccc31)c1ccc(Nc3cc(F)cc(F)c3)cc1O2. The Labute approximate surface area is 213 Å². The van der Waals surface area contributed by atoms with Gasteiger partial charge in [0.15, 0.2) is 5.60 Å². The van der Waals surface area contributed by atoms with Gasteiger partial charge in [0.2, 0.25) is 0 Å². The van der Waals surface area contributed by atoms with Gasteiger partial charge >= 0.3 is 5.97 Å². The van der Waals surface area contributed by atoms with Gasteiger partial charge in [-0.15, -0.1) is 0 Å². The molecule has 4 aromatic rings. The lowest BCUT2D eigenvalue weighted by atomic mass is 9.74. The number of ether oxygens (including phenoxy) is 2. The molecule has 1 N–H and O–H groups in total. The van der Waals surface area contributed by atoms with Crippen molar-refractivity contribution in [3.63, 3.8) is 0 Å². The minimum absolute atomic E-state index is 0.268. The molecule has 1 unspecified atom stereocenters. The number of fused-ring (bicyclic) bond motifs is 6. The molecule has 0 saturated heterocycles. The lowest BCUT2D eigenvalue weighted by Crippen LogP contribution is -2.34. The molecule has 37 heavy (non-hydrogen) atoms. The second-order valence-corrected chi connectivity index (χ2v) is 9.08. The van der Waals surface area contributed by atoms with E-state index in [0.29, 0.717) is 28.3 Å². The summed E-state index contributed by atoms with van der Waals surface area (Å²) in [6, 6.07) is 19.9. The summed E-state index contributed by atoms with van der Waals surface area (Å²) in [6.45, 7) is 4.03. The molecule has 0 amide bonds. The molecule has 4 aromatic carbocycles. The van der Waals surface area contributed by atoms with Crippen molar-refractivity contribution in [2.75, 3.05) is 5.32 Å². The Balaban J connectivity index is 1.59. The fourth-order valence-electron chi connectivity index (χ4n) is 5.38. The first-order valence-corrected chi connectivity index (χ1v) is 12.1.